The van der Waals surface area contributed by atoms with E-state index >= 15 is 0 Å². The summed E-state index contributed by atoms with van der Waals surface area (Å²) in [4.78, 5) is 12.6. The zero-order valence-electron chi connectivity index (χ0n) is 20.5. The third-order valence-electron chi connectivity index (χ3n) is 5.65. The SMILES string of the molecule is CC(C)=C(C)/C=C/C=C\C=C(\C)C(O)C(C)(C)C(=O)NCCCCCC(O)C(C)C. The molecule has 30 heavy (non-hydrogen) atoms. The Morgan fingerprint density at radius 1 is 0.967 bits per heavy atom. The van der Waals surface area contributed by atoms with Gasteiger partial charge in [0.05, 0.1) is 17.6 Å². The highest BCUT2D eigenvalue weighted by atomic mass is 16.3. The van der Waals surface area contributed by atoms with Gasteiger partial charge in [-0.25, -0.2) is 0 Å². The Labute approximate surface area is 184 Å². The van der Waals surface area contributed by atoms with Crippen LogP contribution in [0.15, 0.2) is 47.1 Å². The van der Waals surface area contributed by atoms with E-state index in [0.29, 0.717) is 6.54 Å². The molecule has 0 spiro atoms. The molecule has 0 radical (unpaired) electrons. The third kappa shape index (κ3) is 10.9. The summed E-state index contributed by atoms with van der Waals surface area (Å²) in [7, 11) is 0. The second kappa shape index (κ2) is 14.4. The van der Waals surface area contributed by atoms with Crippen LogP contribution < -0.4 is 5.32 Å². The molecule has 4 heteroatoms. The molecule has 0 saturated carbocycles. The number of aliphatic hydroxyl groups excluding tert-OH is 2. The van der Waals surface area contributed by atoms with Gasteiger partial charge in [-0.3, -0.25) is 4.79 Å². The van der Waals surface area contributed by atoms with E-state index in [-0.39, 0.29) is 17.9 Å². The summed E-state index contributed by atoms with van der Waals surface area (Å²) in [6.45, 7) is 16.2. The second-order valence-electron chi connectivity index (χ2n) is 9.38. The molecular weight excluding hydrogens is 374 g/mol. The Kier molecular flexibility index (Phi) is 13.6. The van der Waals surface area contributed by atoms with Crippen molar-refractivity contribution < 1.29 is 15.0 Å². The average molecular weight is 420 g/mol. The van der Waals surface area contributed by atoms with Crippen molar-refractivity contribution in [1.29, 1.82) is 0 Å². The first kappa shape index (κ1) is 28.4. The van der Waals surface area contributed by atoms with E-state index in [2.05, 4.69) is 26.1 Å². The molecule has 2 unspecified atom stereocenters. The van der Waals surface area contributed by atoms with Gasteiger partial charge in [0.25, 0.3) is 0 Å². The van der Waals surface area contributed by atoms with Crippen LogP contribution >= 0.6 is 0 Å². The Morgan fingerprint density at radius 2 is 1.60 bits per heavy atom. The quantitative estimate of drug-likeness (QED) is 0.273. The Balaban J connectivity index is 4.52. The van der Waals surface area contributed by atoms with E-state index in [1.165, 1.54) is 11.1 Å². The fourth-order valence-electron chi connectivity index (χ4n) is 2.84. The third-order valence-corrected chi connectivity index (χ3v) is 5.65. The topological polar surface area (TPSA) is 69.6 Å². The predicted molar refractivity (Wildman–Crippen MR) is 128 cm³/mol. The Hall–Kier alpha value is -1.65. The summed E-state index contributed by atoms with van der Waals surface area (Å²) in [6, 6.07) is 0. The fraction of sp³-hybridized carbons (Fsp3) is 0.654. The van der Waals surface area contributed by atoms with Gasteiger partial charge >= 0.3 is 0 Å². The summed E-state index contributed by atoms with van der Waals surface area (Å²) in [5.41, 5.74) is 2.36. The van der Waals surface area contributed by atoms with E-state index in [0.717, 1.165) is 31.3 Å². The minimum Gasteiger partial charge on any atom is -0.393 e. The van der Waals surface area contributed by atoms with Crippen LogP contribution in [0.25, 0.3) is 0 Å². The summed E-state index contributed by atoms with van der Waals surface area (Å²) >= 11 is 0. The Morgan fingerprint density at radius 3 is 2.17 bits per heavy atom. The van der Waals surface area contributed by atoms with Crippen molar-refractivity contribution >= 4 is 5.91 Å². The fourth-order valence-corrected chi connectivity index (χ4v) is 2.84. The van der Waals surface area contributed by atoms with Crippen molar-refractivity contribution in [3.8, 4) is 0 Å². The first-order valence-corrected chi connectivity index (χ1v) is 11.2. The largest absolute Gasteiger partial charge is 0.393 e. The van der Waals surface area contributed by atoms with E-state index < -0.39 is 11.5 Å². The van der Waals surface area contributed by atoms with Crippen LogP contribution in [0.4, 0.5) is 0 Å². The maximum atomic E-state index is 12.6. The lowest BCUT2D eigenvalue weighted by Gasteiger charge is -2.30. The van der Waals surface area contributed by atoms with Crippen LogP contribution in [0.1, 0.15) is 81.1 Å². The van der Waals surface area contributed by atoms with Crippen molar-refractivity contribution in [1.82, 2.24) is 5.32 Å². The normalized spacial score (nSPS) is 15.1. The lowest BCUT2D eigenvalue weighted by Crippen LogP contribution is -2.45. The summed E-state index contributed by atoms with van der Waals surface area (Å²) < 4.78 is 0. The van der Waals surface area contributed by atoms with Crippen LogP contribution in [-0.4, -0.2) is 34.9 Å². The van der Waals surface area contributed by atoms with E-state index in [1.807, 2.05) is 51.2 Å². The molecule has 0 aromatic heterocycles. The highest BCUT2D eigenvalue weighted by molar-refractivity contribution is 5.83. The molecule has 0 heterocycles. The molecule has 0 rings (SSSR count). The van der Waals surface area contributed by atoms with Gasteiger partial charge in [0.1, 0.15) is 0 Å². The van der Waals surface area contributed by atoms with Crippen molar-refractivity contribution in [3.63, 3.8) is 0 Å². The first-order chi connectivity index (χ1) is 13.9. The van der Waals surface area contributed by atoms with Crippen molar-refractivity contribution in [2.24, 2.45) is 11.3 Å². The number of carbonyl (C=O) groups excluding carboxylic acids is 1. The predicted octanol–water partition coefficient (Wildman–Crippen LogP) is 5.48. The number of amides is 1. The number of hydrogen-bond acceptors (Lipinski definition) is 3. The minimum absolute atomic E-state index is 0.145. The second-order valence-corrected chi connectivity index (χ2v) is 9.38. The molecule has 172 valence electrons. The zero-order valence-corrected chi connectivity index (χ0v) is 20.5. The van der Waals surface area contributed by atoms with Gasteiger partial charge in [-0.2, -0.15) is 0 Å². The lowest BCUT2D eigenvalue weighted by molar-refractivity contribution is -0.133. The standard InChI is InChI=1S/C26H45NO3/c1-19(2)21(5)15-11-9-12-16-22(6)24(29)26(7,8)25(30)27-18-14-10-13-17-23(28)20(3)4/h9,11-12,15-16,20,23-24,28-29H,10,13-14,17-18H2,1-8H3,(H,27,30)/b12-9-,15-11+,22-16-. The van der Waals surface area contributed by atoms with Gasteiger partial charge in [0.15, 0.2) is 0 Å². The lowest BCUT2D eigenvalue weighted by atomic mass is 9.81. The van der Waals surface area contributed by atoms with Gasteiger partial charge in [0.2, 0.25) is 5.91 Å². The van der Waals surface area contributed by atoms with Crippen molar-refractivity contribution in [2.75, 3.05) is 6.54 Å². The summed E-state index contributed by atoms with van der Waals surface area (Å²) in [5.74, 6) is 0.142. The van der Waals surface area contributed by atoms with Crippen LogP contribution in [0.5, 0.6) is 0 Å². The molecule has 0 aliphatic heterocycles. The zero-order chi connectivity index (χ0) is 23.3. The molecule has 0 aromatic carbocycles. The van der Waals surface area contributed by atoms with Crippen molar-refractivity contribution in [3.05, 3.63) is 47.1 Å². The molecule has 2 atom stereocenters. The number of nitrogens with one attached hydrogen (secondary N) is 1. The maximum Gasteiger partial charge on any atom is 0.228 e. The number of unbranched alkanes of at least 4 members (excludes halogenated alkanes) is 2. The molecule has 0 saturated heterocycles. The number of allylic oxidation sites excluding steroid dienone is 7. The van der Waals surface area contributed by atoms with Crippen LogP contribution in [0, 0.1) is 11.3 Å². The van der Waals surface area contributed by atoms with Crippen LogP contribution in [-0.2, 0) is 4.79 Å². The molecular formula is C26H45NO3. The van der Waals surface area contributed by atoms with Gasteiger partial charge < -0.3 is 15.5 Å². The molecule has 0 aliphatic rings. The van der Waals surface area contributed by atoms with E-state index in [4.69, 9.17) is 0 Å². The van der Waals surface area contributed by atoms with Gasteiger partial charge in [-0.15, -0.1) is 0 Å². The smallest absolute Gasteiger partial charge is 0.228 e. The maximum absolute atomic E-state index is 12.6. The molecule has 0 bridgehead atoms. The van der Waals surface area contributed by atoms with Crippen LogP contribution in [0.2, 0.25) is 0 Å². The number of rotatable bonds is 13. The van der Waals surface area contributed by atoms with Gasteiger partial charge in [-0.05, 0) is 65.9 Å². The minimum atomic E-state index is -0.906. The number of aliphatic hydroxyl groups is 2. The van der Waals surface area contributed by atoms with E-state index in [9.17, 15) is 15.0 Å². The van der Waals surface area contributed by atoms with Crippen LogP contribution in [0.3, 0.4) is 0 Å². The highest BCUT2D eigenvalue weighted by Crippen LogP contribution is 2.26. The van der Waals surface area contributed by atoms with Gasteiger partial charge in [-0.1, -0.05) is 68.2 Å². The Bertz CT molecular complexity index is 635. The first-order valence-electron chi connectivity index (χ1n) is 11.2. The molecule has 0 aromatic rings. The molecule has 1 amide bonds. The monoisotopic (exact) mass is 419 g/mol. The molecule has 3 N–H and O–H groups in total. The highest BCUT2D eigenvalue weighted by Gasteiger charge is 2.36. The molecule has 0 aliphatic carbocycles. The van der Waals surface area contributed by atoms with Gasteiger partial charge in [0, 0.05) is 6.54 Å². The summed E-state index contributed by atoms with van der Waals surface area (Å²) in [5, 5.41) is 23.4. The molecule has 4 nitrogen and oxygen atoms in total. The number of carbonyl (C=O) groups is 1. The van der Waals surface area contributed by atoms with Crippen molar-refractivity contribution in [2.45, 2.75) is 93.3 Å². The average Bonchev–Trinajstić information content (AvgIpc) is 2.68. The number of hydrogen-bond donors (Lipinski definition) is 3. The summed E-state index contributed by atoms with van der Waals surface area (Å²) in [6.07, 6.45) is 12.2. The molecule has 0 fully saturated rings. The van der Waals surface area contributed by atoms with E-state index in [1.54, 1.807) is 13.8 Å².